The van der Waals surface area contributed by atoms with Crippen molar-refractivity contribution in [2.75, 3.05) is 7.05 Å². The second kappa shape index (κ2) is 6.73. The highest BCUT2D eigenvalue weighted by molar-refractivity contribution is 6.36. The lowest BCUT2D eigenvalue weighted by Gasteiger charge is -2.19. The van der Waals surface area contributed by atoms with Gasteiger partial charge in [0.05, 0.1) is 0 Å². The average molecular weight is 330 g/mol. The van der Waals surface area contributed by atoms with E-state index in [0.717, 1.165) is 0 Å². The molecule has 0 aliphatic rings. The van der Waals surface area contributed by atoms with E-state index >= 15 is 0 Å². The normalized spacial score (nSPS) is 12.5. The molecule has 112 valence electrons. The summed E-state index contributed by atoms with van der Waals surface area (Å²) in [7, 11) is 1.69. The Bertz CT molecular complexity index is 639. The highest BCUT2D eigenvalue weighted by Crippen LogP contribution is 2.31. The van der Waals surface area contributed by atoms with E-state index in [0.29, 0.717) is 22.0 Å². The minimum atomic E-state index is -0.836. The maximum absolute atomic E-state index is 14.1. The topological polar surface area (TPSA) is 12.0 Å². The third-order valence-electron chi connectivity index (χ3n) is 3.50. The number of halogens is 4. The summed E-state index contributed by atoms with van der Waals surface area (Å²) in [4.78, 5) is 0. The molecule has 0 aromatic heterocycles. The quantitative estimate of drug-likeness (QED) is 0.824. The van der Waals surface area contributed by atoms with E-state index in [1.807, 2.05) is 0 Å². The Balaban J connectivity index is 2.40. The Morgan fingerprint density at radius 2 is 1.67 bits per heavy atom. The van der Waals surface area contributed by atoms with Crippen LogP contribution in [0.5, 0.6) is 0 Å². The van der Waals surface area contributed by atoms with Gasteiger partial charge in [0, 0.05) is 21.7 Å². The van der Waals surface area contributed by atoms with E-state index in [2.05, 4.69) is 5.32 Å². The monoisotopic (exact) mass is 329 g/mol. The number of hydrogen-bond acceptors (Lipinski definition) is 1. The highest BCUT2D eigenvalue weighted by Gasteiger charge is 2.20. The van der Waals surface area contributed by atoms with Crippen LogP contribution in [-0.2, 0) is 6.42 Å². The van der Waals surface area contributed by atoms with Gasteiger partial charge in [-0.15, -0.1) is 0 Å². The third kappa shape index (κ3) is 3.37. The molecular weight excluding hydrogens is 315 g/mol. The average Bonchev–Trinajstić information content (AvgIpc) is 2.46. The summed E-state index contributed by atoms with van der Waals surface area (Å²) < 4.78 is 27.9. The summed E-state index contributed by atoms with van der Waals surface area (Å²) in [5, 5.41) is 4.00. The van der Waals surface area contributed by atoms with Gasteiger partial charge in [-0.25, -0.2) is 8.78 Å². The molecule has 0 amide bonds. The van der Waals surface area contributed by atoms with Crippen molar-refractivity contribution in [1.29, 1.82) is 0 Å². The summed E-state index contributed by atoms with van der Waals surface area (Å²) in [5.41, 5.74) is 1.25. The zero-order valence-corrected chi connectivity index (χ0v) is 13.2. The minimum absolute atomic E-state index is 0.261. The van der Waals surface area contributed by atoms with Crippen LogP contribution in [-0.4, -0.2) is 7.05 Å². The molecule has 0 aliphatic heterocycles. The molecule has 21 heavy (non-hydrogen) atoms. The fourth-order valence-corrected chi connectivity index (χ4v) is 2.78. The molecule has 0 saturated heterocycles. The molecule has 1 atom stereocenters. The summed E-state index contributed by atoms with van der Waals surface area (Å²) in [5.74, 6) is -1.66. The van der Waals surface area contributed by atoms with Crippen LogP contribution in [0.15, 0.2) is 30.3 Å². The second-order valence-corrected chi connectivity index (χ2v) is 5.66. The van der Waals surface area contributed by atoms with Crippen LogP contribution in [0.2, 0.25) is 10.0 Å². The first-order valence-corrected chi connectivity index (χ1v) is 7.26. The number of nitrogens with one attached hydrogen (secondary N) is 1. The maximum Gasteiger partial charge on any atom is 0.163 e. The standard InChI is InChI=1S/C16H15Cl2F2N/c1-9-6-7-10(16(20)15(9)19)14(21-2)8-11-12(17)4-3-5-13(11)18/h3-7,14,21H,8H2,1-2H3. The molecule has 5 heteroatoms. The van der Waals surface area contributed by atoms with Crippen molar-refractivity contribution in [3.8, 4) is 0 Å². The van der Waals surface area contributed by atoms with E-state index in [9.17, 15) is 8.78 Å². The maximum atomic E-state index is 14.1. The summed E-state index contributed by atoms with van der Waals surface area (Å²) in [6.45, 7) is 1.53. The van der Waals surface area contributed by atoms with Crippen LogP contribution in [0.4, 0.5) is 8.78 Å². The molecule has 0 aliphatic carbocycles. The first-order valence-electron chi connectivity index (χ1n) is 6.50. The van der Waals surface area contributed by atoms with Crippen molar-refractivity contribution in [1.82, 2.24) is 5.32 Å². The van der Waals surface area contributed by atoms with E-state index in [4.69, 9.17) is 23.2 Å². The number of likely N-dealkylation sites (N-methyl/N-ethyl adjacent to an activating group) is 1. The minimum Gasteiger partial charge on any atom is -0.313 e. The summed E-state index contributed by atoms with van der Waals surface area (Å²) >= 11 is 12.3. The van der Waals surface area contributed by atoms with Crippen LogP contribution in [0, 0.1) is 18.6 Å². The summed E-state index contributed by atoms with van der Waals surface area (Å²) in [6, 6.07) is 7.92. The Morgan fingerprint density at radius 1 is 1.05 bits per heavy atom. The number of benzene rings is 2. The van der Waals surface area contributed by atoms with Gasteiger partial charge in [-0.05, 0) is 43.7 Å². The lowest BCUT2D eigenvalue weighted by atomic mass is 9.97. The largest absolute Gasteiger partial charge is 0.313 e. The molecule has 0 saturated carbocycles. The van der Waals surface area contributed by atoms with Gasteiger partial charge in [0.2, 0.25) is 0 Å². The van der Waals surface area contributed by atoms with Crippen LogP contribution in [0.3, 0.4) is 0 Å². The molecule has 1 nitrogen and oxygen atoms in total. The van der Waals surface area contributed by atoms with Gasteiger partial charge in [0.1, 0.15) is 0 Å². The molecule has 2 aromatic carbocycles. The Hall–Kier alpha value is -1.16. The van der Waals surface area contributed by atoms with Crippen molar-refractivity contribution in [2.45, 2.75) is 19.4 Å². The molecule has 2 aromatic rings. The van der Waals surface area contributed by atoms with Crippen LogP contribution in [0.1, 0.15) is 22.7 Å². The number of hydrogen-bond donors (Lipinski definition) is 1. The van der Waals surface area contributed by atoms with Crippen molar-refractivity contribution in [3.63, 3.8) is 0 Å². The SMILES string of the molecule is CNC(Cc1c(Cl)cccc1Cl)c1ccc(C)c(F)c1F. The number of rotatable bonds is 4. The smallest absolute Gasteiger partial charge is 0.163 e. The lowest BCUT2D eigenvalue weighted by Crippen LogP contribution is -2.21. The first-order chi connectivity index (χ1) is 9.95. The Morgan fingerprint density at radius 3 is 2.24 bits per heavy atom. The van der Waals surface area contributed by atoms with Gasteiger partial charge in [-0.3, -0.25) is 0 Å². The number of aryl methyl sites for hydroxylation is 1. The fourth-order valence-electron chi connectivity index (χ4n) is 2.23. The van der Waals surface area contributed by atoms with Gasteiger partial charge in [0.15, 0.2) is 11.6 Å². The van der Waals surface area contributed by atoms with E-state index in [1.165, 1.54) is 6.92 Å². The third-order valence-corrected chi connectivity index (χ3v) is 4.21. The molecule has 0 radical (unpaired) electrons. The molecule has 1 unspecified atom stereocenters. The van der Waals surface area contributed by atoms with E-state index in [1.54, 1.807) is 37.4 Å². The predicted molar refractivity (Wildman–Crippen MR) is 83.1 cm³/mol. The predicted octanol–water partition coefficient (Wildman–Crippen LogP) is 5.08. The van der Waals surface area contributed by atoms with Gasteiger partial charge >= 0.3 is 0 Å². The van der Waals surface area contributed by atoms with Crippen LogP contribution in [0.25, 0.3) is 0 Å². The molecule has 1 N–H and O–H groups in total. The van der Waals surface area contributed by atoms with Crippen molar-refractivity contribution < 1.29 is 8.78 Å². The second-order valence-electron chi connectivity index (χ2n) is 4.85. The molecule has 0 fully saturated rings. The first kappa shape index (κ1) is 16.2. The Kier molecular flexibility index (Phi) is 5.20. The summed E-state index contributed by atoms with van der Waals surface area (Å²) in [6.07, 6.45) is 0.369. The zero-order valence-electron chi connectivity index (χ0n) is 11.7. The molecule has 0 heterocycles. The van der Waals surface area contributed by atoms with Crippen LogP contribution >= 0.6 is 23.2 Å². The molecule has 2 rings (SSSR count). The van der Waals surface area contributed by atoms with Gasteiger partial charge in [0.25, 0.3) is 0 Å². The highest BCUT2D eigenvalue weighted by atomic mass is 35.5. The molecule has 0 bridgehead atoms. The fraction of sp³-hybridized carbons (Fsp3) is 0.250. The van der Waals surface area contributed by atoms with Gasteiger partial charge in [-0.1, -0.05) is 41.4 Å². The van der Waals surface area contributed by atoms with Crippen molar-refractivity contribution in [3.05, 3.63) is 68.7 Å². The van der Waals surface area contributed by atoms with Crippen molar-refractivity contribution in [2.24, 2.45) is 0 Å². The molecule has 0 spiro atoms. The van der Waals surface area contributed by atoms with Crippen molar-refractivity contribution >= 4 is 23.2 Å². The molecular formula is C16H15Cl2F2N. The van der Waals surface area contributed by atoms with Crippen LogP contribution < -0.4 is 5.32 Å². The van der Waals surface area contributed by atoms with E-state index in [-0.39, 0.29) is 11.1 Å². The zero-order chi connectivity index (χ0) is 15.6. The Labute approximate surface area is 132 Å². The van der Waals surface area contributed by atoms with E-state index < -0.39 is 17.7 Å². The van der Waals surface area contributed by atoms with Gasteiger partial charge in [-0.2, -0.15) is 0 Å². The lowest BCUT2D eigenvalue weighted by molar-refractivity contribution is 0.469. The van der Waals surface area contributed by atoms with Gasteiger partial charge < -0.3 is 5.32 Å².